The number of aryl methyl sites for hydroxylation is 1. The van der Waals surface area contributed by atoms with Crippen LogP contribution in [0.2, 0.25) is 0 Å². The molecule has 0 unspecified atom stereocenters. The van der Waals surface area contributed by atoms with Crippen molar-refractivity contribution in [3.8, 4) is 5.75 Å². The van der Waals surface area contributed by atoms with E-state index in [2.05, 4.69) is 5.32 Å². The zero-order valence-corrected chi connectivity index (χ0v) is 25.7. The molecule has 11 nitrogen and oxygen atoms in total. The van der Waals surface area contributed by atoms with E-state index in [1.54, 1.807) is 19.1 Å². The Balaban J connectivity index is 2.06. The number of sulfonamides is 1. The second-order valence-electron chi connectivity index (χ2n) is 9.95. The number of hydrogen-bond donors (Lipinski definition) is 1. The number of benzene rings is 3. The molecular formula is C31H38N4O7S. The van der Waals surface area contributed by atoms with Crippen LogP contribution in [0, 0.1) is 17.0 Å². The number of nitro benzene ring substituents is 1. The Morgan fingerprint density at radius 2 is 1.70 bits per heavy atom. The van der Waals surface area contributed by atoms with Gasteiger partial charge in [-0.1, -0.05) is 50.2 Å². The summed E-state index contributed by atoms with van der Waals surface area (Å²) < 4.78 is 34.2. The van der Waals surface area contributed by atoms with Crippen molar-refractivity contribution in [2.24, 2.45) is 0 Å². The van der Waals surface area contributed by atoms with Crippen LogP contribution in [-0.2, 0) is 26.0 Å². The Morgan fingerprint density at radius 1 is 1.02 bits per heavy atom. The normalized spacial score (nSPS) is 11.8. The maximum atomic E-state index is 14.1. The molecule has 0 fully saturated rings. The maximum Gasteiger partial charge on any atom is 0.273 e. The van der Waals surface area contributed by atoms with E-state index in [0.717, 1.165) is 15.9 Å². The van der Waals surface area contributed by atoms with E-state index < -0.39 is 33.4 Å². The molecule has 0 saturated carbocycles. The summed E-state index contributed by atoms with van der Waals surface area (Å²) in [6.45, 7) is 5.21. The number of methoxy groups -OCH3 is 1. The average Bonchev–Trinajstić information content (AvgIpc) is 3.01. The van der Waals surface area contributed by atoms with Crippen LogP contribution in [0.5, 0.6) is 5.75 Å². The van der Waals surface area contributed by atoms with Crippen molar-refractivity contribution in [1.29, 1.82) is 0 Å². The monoisotopic (exact) mass is 610 g/mol. The van der Waals surface area contributed by atoms with Gasteiger partial charge in [0.25, 0.3) is 15.7 Å². The molecule has 0 bridgehead atoms. The summed E-state index contributed by atoms with van der Waals surface area (Å²) in [5.41, 5.74) is 1.05. The zero-order valence-electron chi connectivity index (χ0n) is 24.9. The van der Waals surface area contributed by atoms with Gasteiger partial charge < -0.3 is 15.0 Å². The molecule has 230 valence electrons. The molecule has 0 aliphatic carbocycles. The van der Waals surface area contributed by atoms with E-state index in [0.29, 0.717) is 37.1 Å². The molecule has 0 heterocycles. The largest absolute Gasteiger partial charge is 0.497 e. The van der Waals surface area contributed by atoms with Gasteiger partial charge in [0.05, 0.1) is 22.6 Å². The van der Waals surface area contributed by atoms with E-state index >= 15 is 0 Å². The van der Waals surface area contributed by atoms with Crippen LogP contribution in [-0.4, -0.2) is 62.8 Å². The third kappa shape index (κ3) is 8.31. The summed E-state index contributed by atoms with van der Waals surface area (Å²) in [5.74, 6) is -0.435. The summed E-state index contributed by atoms with van der Waals surface area (Å²) in [6, 6.07) is 18.4. The van der Waals surface area contributed by atoms with Gasteiger partial charge in [0.1, 0.15) is 18.3 Å². The summed E-state index contributed by atoms with van der Waals surface area (Å²) in [7, 11) is -3.00. The second kappa shape index (κ2) is 15.1. The van der Waals surface area contributed by atoms with Crippen LogP contribution in [0.25, 0.3) is 0 Å². The molecule has 1 atom stereocenters. The quantitative estimate of drug-likeness (QED) is 0.198. The first kappa shape index (κ1) is 33.1. The van der Waals surface area contributed by atoms with E-state index in [-0.39, 0.29) is 28.7 Å². The molecule has 0 aliphatic rings. The third-order valence-corrected chi connectivity index (χ3v) is 8.79. The fourth-order valence-corrected chi connectivity index (χ4v) is 6.05. The summed E-state index contributed by atoms with van der Waals surface area (Å²) in [4.78, 5) is 39.2. The lowest BCUT2D eigenvalue weighted by Gasteiger charge is -2.33. The number of nitrogens with one attached hydrogen (secondary N) is 1. The van der Waals surface area contributed by atoms with E-state index in [1.807, 2.05) is 37.3 Å². The van der Waals surface area contributed by atoms with Crippen LogP contribution in [0.3, 0.4) is 0 Å². The standard InChI is InChI=1S/C31H38N4O7S/c1-5-19-32-31(37)28(6-2)33(20-18-24-10-8-7-9-11-24)30(36)22-34(25-13-15-26(42-4)16-14-25)43(40,41)27-17-12-23(3)29(21-27)35(38)39/h7-17,21,28H,5-6,18-20,22H2,1-4H3,(H,32,37)/t28-/m1/s1. The lowest BCUT2D eigenvalue weighted by atomic mass is 10.1. The summed E-state index contributed by atoms with van der Waals surface area (Å²) in [6.07, 6.45) is 1.48. The SMILES string of the molecule is CCCNC(=O)[C@@H](CC)N(CCc1ccccc1)C(=O)CN(c1ccc(OC)cc1)S(=O)(=O)c1ccc(C)c([N+](=O)[O-])c1. The number of carbonyl (C=O) groups is 2. The van der Waals surface area contributed by atoms with Crippen molar-refractivity contribution < 1.29 is 27.7 Å². The molecule has 0 saturated heterocycles. The van der Waals surface area contributed by atoms with Crippen LogP contribution in [0.4, 0.5) is 11.4 Å². The van der Waals surface area contributed by atoms with Crippen LogP contribution in [0.15, 0.2) is 77.7 Å². The Labute approximate surface area is 252 Å². The highest BCUT2D eigenvalue weighted by atomic mass is 32.2. The van der Waals surface area contributed by atoms with Crippen LogP contribution >= 0.6 is 0 Å². The lowest BCUT2D eigenvalue weighted by molar-refractivity contribution is -0.385. The van der Waals surface area contributed by atoms with Gasteiger partial charge >= 0.3 is 0 Å². The smallest absolute Gasteiger partial charge is 0.273 e. The molecular weight excluding hydrogens is 572 g/mol. The van der Waals surface area contributed by atoms with Gasteiger partial charge in [-0.05, 0) is 62.1 Å². The van der Waals surface area contributed by atoms with Crippen molar-refractivity contribution in [3.63, 3.8) is 0 Å². The Hall–Kier alpha value is -4.45. The number of nitrogens with zero attached hydrogens (tertiary/aromatic N) is 3. The second-order valence-corrected chi connectivity index (χ2v) is 11.8. The number of amides is 2. The van der Waals surface area contributed by atoms with Crippen LogP contribution in [0.1, 0.15) is 37.8 Å². The molecule has 3 aromatic rings. The number of nitro groups is 1. The maximum absolute atomic E-state index is 14.1. The fraction of sp³-hybridized carbons (Fsp3) is 0.355. The minimum atomic E-state index is -4.47. The molecule has 0 aromatic heterocycles. The molecule has 2 amide bonds. The molecule has 12 heteroatoms. The van der Waals surface area contributed by atoms with E-state index in [9.17, 15) is 28.1 Å². The lowest BCUT2D eigenvalue weighted by Crippen LogP contribution is -2.53. The highest BCUT2D eigenvalue weighted by molar-refractivity contribution is 7.92. The molecule has 1 N–H and O–H groups in total. The van der Waals surface area contributed by atoms with Gasteiger partial charge in [-0.2, -0.15) is 0 Å². The van der Waals surface area contributed by atoms with Crippen molar-refractivity contribution in [1.82, 2.24) is 10.2 Å². The molecule has 0 spiro atoms. The van der Waals surface area contributed by atoms with Gasteiger partial charge in [-0.3, -0.25) is 24.0 Å². The third-order valence-electron chi connectivity index (χ3n) is 7.02. The zero-order chi connectivity index (χ0) is 31.6. The van der Waals surface area contributed by atoms with Crippen LogP contribution < -0.4 is 14.4 Å². The summed E-state index contributed by atoms with van der Waals surface area (Å²) in [5, 5.41) is 14.4. The van der Waals surface area contributed by atoms with E-state index in [1.165, 1.54) is 43.2 Å². The number of rotatable bonds is 15. The highest BCUT2D eigenvalue weighted by Gasteiger charge is 2.34. The highest BCUT2D eigenvalue weighted by Crippen LogP contribution is 2.29. The van der Waals surface area contributed by atoms with Crippen molar-refractivity contribution in [2.45, 2.75) is 51.0 Å². The van der Waals surface area contributed by atoms with Crippen molar-refractivity contribution in [2.75, 3.05) is 31.0 Å². The Morgan fingerprint density at radius 3 is 2.28 bits per heavy atom. The first-order chi connectivity index (χ1) is 20.5. The Kier molecular flexibility index (Phi) is 11.6. The topological polar surface area (TPSA) is 139 Å². The van der Waals surface area contributed by atoms with Crippen molar-refractivity contribution >= 4 is 33.2 Å². The van der Waals surface area contributed by atoms with Gasteiger partial charge in [-0.15, -0.1) is 0 Å². The first-order valence-electron chi connectivity index (χ1n) is 14.1. The predicted octanol–water partition coefficient (Wildman–Crippen LogP) is 4.48. The van der Waals surface area contributed by atoms with Gasteiger partial charge in [-0.25, -0.2) is 8.42 Å². The molecule has 0 aliphatic heterocycles. The molecule has 43 heavy (non-hydrogen) atoms. The van der Waals surface area contributed by atoms with Gasteiger partial charge in [0.15, 0.2) is 0 Å². The van der Waals surface area contributed by atoms with E-state index in [4.69, 9.17) is 4.74 Å². The minimum absolute atomic E-state index is 0.156. The molecule has 0 radical (unpaired) electrons. The number of hydrogen-bond acceptors (Lipinski definition) is 7. The first-order valence-corrected chi connectivity index (χ1v) is 15.5. The van der Waals surface area contributed by atoms with Crippen molar-refractivity contribution in [3.05, 3.63) is 94.0 Å². The number of carbonyl (C=O) groups excluding carboxylic acids is 2. The van der Waals surface area contributed by atoms with Gasteiger partial charge in [0.2, 0.25) is 11.8 Å². The minimum Gasteiger partial charge on any atom is -0.497 e. The fourth-order valence-electron chi connectivity index (χ4n) is 4.61. The van der Waals surface area contributed by atoms with Gasteiger partial charge in [0, 0.05) is 24.7 Å². The summed E-state index contributed by atoms with van der Waals surface area (Å²) >= 11 is 0. The predicted molar refractivity (Wildman–Crippen MR) is 165 cm³/mol. The number of anilines is 1. The molecule has 3 aromatic carbocycles. The number of ether oxygens (including phenoxy) is 1. The average molecular weight is 611 g/mol. The molecule has 3 rings (SSSR count). The Bertz CT molecular complexity index is 1510.